The van der Waals surface area contributed by atoms with Gasteiger partial charge in [0.2, 0.25) is 15.9 Å². The first-order valence-corrected chi connectivity index (χ1v) is 11.2. The molecule has 0 radical (unpaired) electrons. The van der Waals surface area contributed by atoms with Crippen molar-refractivity contribution in [2.45, 2.75) is 31.6 Å². The van der Waals surface area contributed by atoms with E-state index in [0.717, 1.165) is 5.56 Å². The highest BCUT2D eigenvalue weighted by Gasteiger charge is 2.14. The molecule has 2 aromatic carbocycles. The molecule has 0 fully saturated rings. The van der Waals surface area contributed by atoms with Crippen LogP contribution >= 0.6 is 34.8 Å². The van der Waals surface area contributed by atoms with Crippen LogP contribution in [0.3, 0.4) is 0 Å². The first-order chi connectivity index (χ1) is 13.1. The molecule has 9 heteroatoms. The molecule has 0 bridgehead atoms. The lowest BCUT2D eigenvalue weighted by Gasteiger charge is -2.10. The molecule has 28 heavy (non-hydrogen) atoms. The van der Waals surface area contributed by atoms with Crippen molar-refractivity contribution in [2.75, 3.05) is 11.9 Å². The van der Waals surface area contributed by atoms with Crippen LogP contribution in [0.5, 0.6) is 0 Å². The molecule has 0 unspecified atom stereocenters. The van der Waals surface area contributed by atoms with Gasteiger partial charge in [-0.15, -0.1) is 0 Å². The SMILES string of the molecule is CC(C)CNS(=O)(=O)c1ccc(CCC(=O)Nc2cc(Cl)c(Cl)cc2Cl)cc1. The van der Waals surface area contributed by atoms with Gasteiger partial charge in [-0.3, -0.25) is 4.79 Å². The zero-order chi connectivity index (χ0) is 20.9. The Labute approximate surface area is 180 Å². The van der Waals surface area contributed by atoms with Gasteiger partial charge in [0.15, 0.2) is 0 Å². The Morgan fingerprint density at radius 3 is 2.21 bits per heavy atom. The molecule has 0 heterocycles. The van der Waals surface area contributed by atoms with Crippen LogP contribution in [-0.4, -0.2) is 20.9 Å². The number of carbonyl (C=O) groups is 1. The third-order valence-electron chi connectivity index (χ3n) is 3.84. The lowest BCUT2D eigenvalue weighted by atomic mass is 10.1. The van der Waals surface area contributed by atoms with Crippen LogP contribution in [0.1, 0.15) is 25.8 Å². The Balaban J connectivity index is 1.94. The fraction of sp³-hybridized carbons (Fsp3) is 0.316. The highest BCUT2D eigenvalue weighted by atomic mass is 35.5. The fourth-order valence-electron chi connectivity index (χ4n) is 2.28. The quantitative estimate of drug-likeness (QED) is 0.531. The van der Waals surface area contributed by atoms with Gasteiger partial charge in [0.25, 0.3) is 0 Å². The van der Waals surface area contributed by atoms with Gasteiger partial charge in [-0.2, -0.15) is 0 Å². The lowest BCUT2D eigenvalue weighted by molar-refractivity contribution is -0.116. The molecule has 5 nitrogen and oxygen atoms in total. The standard InChI is InChI=1S/C19H21Cl3N2O3S/c1-12(2)11-23-28(26,27)14-6-3-13(4-7-14)5-8-19(25)24-18-10-16(21)15(20)9-17(18)22/h3-4,6-7,9-10,12,23H,5,8,11H2,1-2H3,(H,24,25). The molecule has 0 atom stereocenters. The monoisotopic (exact) mass is 462 g/mol. The van der Waals surface area contributed by atoms with Crippen molar-refractivity contribution in [3.8, 4) is 0 Å². The topological polar surface area (TPSA) is 75.3 Å². The Hall–Kier alpha value is -1.31. The summed E-state index contributed by atoms with van der Waals surface area (Å²) in [4.78, 5) is 12.4. The van der Waals surface area contributed by atoms with Crippen molar-refractivity contribution in [2.24, 2.45) is 5.92 Å². The molecule has 1 amide bonds. The Morgan fingerprint density at radius 1 is 1.00 bits per heavy atom. The normalized spacial score (nSPS) is 11.6. The molecule has 2 aromatic rings. The molecule has 2 rings (SSSR count). The molecule has 0 aliphatic heterocycles. The van der Waals surface area contributed by atoms with Crippen molar-refractivity contribution in [1.29, 1.82) is 0 Å². The van der Waals surface area contributed by atoms with Crippen LogP contribution in [0.4, 0.5) is 5.69 Å². The second-order valence-electron chi connectivity index (χ2n) is 6.68. The van der Waals surface area contributed by atoms with Gasteiger partial charge in [0.1, 0.15) is 0 Å². The number of benzene rings is 2. The Morgan fingerprint density at radius 2 is 1.61 bits per heavy atom. The highest BCUT2D eigenvalue weighted by Crippen LogP contribution is 2.32. The number of nitrogens with one attached hydrogen (secondary N) is 2. The van der Waals surface area contributed by atoms with Crippen LogP contribution in [0.15, 0.2) is 41.3 Å². The fourth-order valence-corrected chi connectivity index (χ4v) is 4.09. The van der Waals surface area contributed by atoms with Gasteiger partial charge in [0, 0.05) is 13.0 Å². The van der Waals surface area contributed by atoms with E-state index in [1.807, 2.05) is 13.8 Å². The number of hydrogen-bond acceptors (Lipinski definition) is 3. The van der Waals surface area contributed by atoms with Gasteiger partial charge in [-0.1, -0.05) is 60.8 Å². The van der Waals surface area contributed by atoms with Crippen LogP contribution in [-0.2, 0) is 21.2 Å². The van der Waals surface area contributed by atoms with E-state index >= 15 is 0 Å². The number of carbonyl (C=O) groups excluding carboxylic acids is 1. The molecule has 0 saturated heterocycles. The zero-order valence-corrected chi connectivity index (χ0v) is 18.5. The average molecular weight is 464 g/mol. The van der Waals surface area contributed by atoms with Crippen LogP contribution < -0.4 is 10.0 Å². The zero-order valence-electron chi connectivity index (χ0n) is 15.4. The molecule has 0 aromatic heterocycles. The number of aryl methyl sites for hydroxylation is 1. The maximum Gasteiger partial charge on any atom is 0.240 e. The summed E-state index contributed by atoms with van der Waals surface area (Å²) >= 11 is 17.9. The molecule has 0 saturated carbocycles. The van der Waals surface area contributed by atoms with Crippen molar-refractivity contribution >= 4 is 56.4 Å². The summed E-state index contributed by atoms with van der Waals surface area (Å²) in [5.41, 5.74) is 1.23. The van der Waals surface area contributed by atoms with E-state index in [0.29, 0.717) is 33.7 Å². The molecular formula is C19H21Cl3N2O3S. The number of hydrogen-bond donors (Lipinski definition) is 2. The van der Waals surface area contributed by atoms with Crippen LogP contribution in [0, 0.1) is 5.92 Å². The number of sulfonamides is 1. The number of amides is 1. The summed E-state index contributed by atoms with van der Waals surface area (Å²) in [5, 5.41) is 3.59. The molecule has 2 N–H and O–H groups in total. The number of halogens is 3. The minimum atomic E-state index is -3.52. The molecule has 0 aliphatic carbocycles. The lowest BCUT2D eigenvalue weighted by Crippen LogP contribution is -2.27. The van der Waals surface area contributed by atoms with Crippen molar-refractivity contribution in [1.82, 2.24) is 4.72 Å². The second-order valence-corrected chi connectivity index (χ2v) is 9.67. The van der Waals surface area contributed by atoms with E-state index in [2.05, 4.69) is 10.0 Å². The highest BCUT2D eigenvalue weighted by molar-refractivity contribution is 7.89. The van der Waals surface area contributed by atoms with Gasteiger partial charge in [-0.05, 0) is 42.2 Å². The second kappa shape index (κ2) is 9.94. The van der Waals surface area contributed by atoms with Gasteiger partial charge < -0.3 is 5.32 Å². The molecular weight excluding hydrogens is 443 g/mol. The van der Waals surface area contributed by atoms with Crippen molar-refractivity contribution < 1.29 is 13.2 Å². The van der Waals surface area contributed by atoms with E-state index < -0.39 is 10.0 Å². The van der Waals surface area contributed by atoms with E-state index in [-0.39, 0.29) is 23.1 Å². The van der Waals surface area contributed by atoms with E-state index in [1.54, 1.807) is 12.1 Å². The van der Waals surface area contributed by atoms with E-state index in [9.17, 15) is 13.2 Å². The average Bonchev–Trinajstić information content (AvgIpc) is 2.63. The summed E-state index contributed by atoms with van der Waals surface area (Å²) in [5.74, 6) is -0.0211. The first kappa shape index (κ1) is 23.0. The predicted octanol–water partition coefficient (Wildman–Crippen LogP) is 5.15. The van der Waals surface area contributed by atoms with Crippen molar-refractivity contribution in [3.05, 3.63) is 57.0 Å². The van der Waals surface area contributed by atoms with E-state index in [4.69, 9.17) is 34.8 Å². The summed E-state index contributed by atoms with van der Waals surface area (Å²) in [7, 11) is -3.52. The third-order valence-corrected chi connectivity index (χ3v) is 6.31. The Bertz CT molecular complexity index is 946. The third kappa shape index (κ3) is 6.64. The Kier molecular flexibility index (Phi) is 8.16. The van der Waals surface area contributed by atoms with E-state index in [1.165, 1.54) is 24.3 Å². The molecule has 0 spiro atoms. The molecule has 0 aliphatic rings. The minimum Gasteiger partial charge on any atom is -0.325 e. The van der Waals surface area contributed by atoms with Crippen molar-refractivity contribution in [3.63, 3.8) is 0 Å². The van der Waals surface area contributed by atoms with Gasteiger partial charge in [0.05, 0.1) is 25.7 Å². The summed E-state index contributed by atoms with van der Waals surface area (Å²) in [6.07, 6.45) is 0.652. The summed E-state index contributed by atoms with van der Waals surface area (Å²) in [6, 6.07) is 9.42. The van der Waals surface area contributed by atoms with Gasteiger partial charge >= 0.3 is 0 Å². The maximum absolute atomic E-state index is 12.2. The van der Waals surface area contributed by atoms with Gasteiger partial charge in [-0.25, -0.2) is 13.1 Å². The largest absolute Gasteiger partial charge is 0.325 e. The smallest absolute Gasteiger partial charge is 0.240 e. The predicted molar refractivity (Wildman–Crippen MR) is 115 cm³/mol. The number of anilines is 1. The minimum absolute atomic E-state index is 0.198. The van der Waals surface area contributed by atoms with Crippen LogP contribution in [0.25, 0.3) is 0 Å². The summed E-state index contributed by atoms with van der Waals surface area (Å²) < 4.78 is 26.9. The first-order valence-electron chi connectivity index (χ1n) is 8.61. The van der Waals surface area contributed by atoms with Crippen LogP contribution in [0.2, 0.25) is 15.1 Å². The summed E-state index contributed by atoms with van der Waals surface area (Å²) in [6.45, 7) is 4.24. The molecule has 152 valence electrons. The number of rotatable bonds is 8. The maximum atomic E-state index is 12.2.